The SMILES string of the molecule is CCOC(C)CNCc1cc(C)c(O)c(C)c1. The molecule has 0 aliphatic heterocycles. The first kappa shape index (κ1) is 14.0. The summed E-state index contributed by atoms with van der Waals surface area (Å²) < 4.78 is 5.44. The van der Waals surface area contributed by atoms with Crippen molar-refractivity contribution in [2.75, 3.05) is 13.2 Å². The molecule has 1 unspecified atom stereocenters. The Morgan fingerprint density at radius 3 is 2.41 bits per heavy atom. The lowest BCUT2D eigenvalue weighted by Gasteiger charge is -2.13. The highest BCUT2D eigenvalue weighted by atomic mass is 16.5. The predicted molar refractivity (Wildman–Crippen MR) is 70.4 cm³/mol. The van der Waals surface area contributed by atoms with E-state index in [1.807, 2.05) is 32.9 Å². The molecule has 0 spiro atoms. The Morgan fingerprint density at radius 1 is 1.29 bits per heavy atom. The summed E-state index contributed by atoms with van der Waals surface area (Å²) >= 11 is 0. The summed E-state index contributed by atoms with van der Waals surface area (Å²) in [5.74, 6) is 0.399. The van der Waals surface area contributed by atoms with Crippen LogP contribution in [0.1, 0.15) is 30.5 Å². The second kappa shape index (κ2) is 6.62. The highest BCUT2D eigenvalue weighted by Crippen LogP contribution is 2.22. The standard InChI is InChI=1S/C14H23NO2/c1-5-17-12(4)8-15-9-13-6-10(2)14(16)11(3)7-13/h6-7,12,15-16H,5,8-9H2,1-4H3. The largest absolute Gasteiger partial charge is 0.507 e. The fourth-order valence-electron chi connectivity index (χ4n) is 1.91. The van der Waals surface area contributed by atoms with Crippen molar-refractivity contribution < 1.29 is 9.84 Å². The first-order valence-electron chi connectivity index (χ1n) is 6.16. The number of rotatable bonds is 6. The van der Waals surface area contributed by atoms with Crippen LogP contribution in [0.15, 0.2) is 12.1 Å². The first-order valence-corrected chi connectivity index (χ1v) is 6.16. The van der Waals surface area contributed by atoms with E-state index in [0.717, 1.165) is 30.8 Å². The van der Waals surface area contributed by atoms with Crippen molar-refractivity contribution in [3.63, 3.8) is 0 Å². The topological polar surface area (TPSA) is 41.5 Å². The molecular weight excluding hydrogens is 214 g/mol. The van der Waals surface area contributed by atoms with Gasteiger partial charge in [0.15, 0.2) is 0 Å². The molecule has 1 aromatic carbocycles. The monoisotopic (exact) mass is 237 g/mol. The average Bonchev–Trinajstić information content (AvgIpc) is 2.26. The first-order chi connectivity index (χ1) is 8.04. The van der Waals surface area contributed by atoms with Crippen LogP contribution in [0, 0.1) is 13.8 Å². The van der Waals surface area contributed by atoms with Crippen LogP contribution in [-0.4, -0.2) is 24.4 Å². The van der Waals surface area contributed by atoms with Crippen molar-refractivity contribution in [3.05, 3.63) is 28.8 Å². The number of nitrogens with one attached hydrogen (secondary N) is 1. The van der Waals surface area contributed by atoms with Gasteiger partial charge in [-0.25, -0.2) is 0 Å². The zero-order valence-corrected chi connectivity index (χ0v) is 11.2. The Hall–Kier alpha value is -1.06. The summed E-state index contributed by atoms with van der Waals surface area (Å²) in [4.78, 5) is 0. The second-order valence-electron chi connectivity index (χ2n) is 4.48. The third-order valence-electron chi connectivity index (χ3n) is 2.76. The molecule has 3 heteroatoms. The van der Waals surface area contributed by atoms with Crippen molar-refractivity contribution in [2.24, 2.45) is 0 Å². The van der Waals surface area contributed by atoms with Crippen LogP contribution in [0.5, 0.6) is 5.75 Å². The van der Waals surface area contributed by atoms with E-state index in [4.69, 9.17) is 4.74 Å². The molecule has 1 rings (SSSR count). The molecule has 0 saturated carbocycles. The van der Waals surface area contributed by atoms with Gasteiger partial charge in [0.25, 0.3) is 0 Å². The van der Waals surface area contributed by atoms with Gasteiger partial charge >= 0.3 is 0 Å². The number of benzene rings is 1. The summed E-state index contributed by atoms with van der Waals surface area (Å²) in [6, 6.07) is 4.03. The molecule has 0 bridgehead atoms. The normalized spacial score (nSPS) is 12.7. The quantitative estimate of drug-likeness (QED) is 0.799. The Balaban J connectivity index is 2.47. The second-order valence-corrected chi connectivity index (χ2v) is 4.48. The number of phenolic OH excluding ortho intramolecular Hbond substituents is 1. The predicted octanol–water partition coefficient (Wildman–Crippen LogP) is 2.52. The molecule has 1 atom stereocenters. The lowest BCUT2D eigenvalue weighted by atomic mass is 10.1. The molecule has 0 fully saturated rings. The Morgan fingerprint density at radius 2 is 1.88 bits per heavy atom. The van der Waals surface area contributed by atoms with E-state index in [-0.39, 0.29) is 6.10 Å². The van der Waals surface area contributed by atoms with Crippen LogP contribution in [-0.2, 0) is 11.3 Å². The van der Waals surface area contributed by atoms with Crippen LogP contribution < -0.4 is 5.32 Å². The molecule has 0 radical (unpaired) electrons. The minimum Gasteiger partial charge on any atom is -0.507 e. The molecule has 0 heterocycles. The molecular formula is C14H23NO2. The van der Waals surface area contributed by atoms with E-state index < -0.39 is 0 Å². The van der Waals surface area contributed by atoms with Gasteiger partial charge in [-0.15, -0.1) is 0 Å². The summed E-state index contributed by atoms with van der Waals surface area (Å²) in [5, 5.41) is 13.0. The van der Waals surface area contributed by atoms with Crippen molar-refractivity contribution >= 4 is 0 Å². The number of aryl methyl sites for hydroxylation is 2. The maximum atomic E-state index is 9.67. The molecule has 96 valence electrons. The molecule has 2 N–H and O–H groups in total. The summed E-state index contributed by atoms with van der Waals surface area (Å²) in [7, 11) is 0. The summed E-state index contributed by atoms with van der Waals surface area (Å²) in [5.41, 5.74) is 3.06. The average molecular weight is 237 g/mol. The van der Waals surface area contributed by atoms with Crippen LogP contribution in [0.2, 0.25) is 0 Å². The molecule has 0 amide bonds. The fraction of sp³-hybridized carbons (Fsp3) is 0.571. The van der Waals surface area contributed by atoms with Crippen molar-refractivity contribution in [1.29, 1.82) is 0 Å². The summed E-state index contributed by atoms with van der Waals surface area (Å²) in [6.07, 6.45) is 0.235. The molecule has 0 aliphatic rings. The van der Waals surface area contributed by atoms with E-state index in [1.165, 1.54) is 5.56 Å². The van der Waals surface area contributed by atoms with Crippen LogP contribution in [0.3, 0.4) is 0 Å². The maximum absolute atomic E-state index is 9.67. The highest BCUT2D eigenvalue weighted by molar-refractivity contribution is 5.42. The molecule has 3 nitrogen and oxygen atoms in total. The van der Waals surface area contributed by atoms with Crippen LogP contribution in [0.4, 0.5) is 0 Å². The molecule has 1 aromatic rings. The van der Waals surface area contributed by atoms with Gasteiger partial charge in [0.2, 0.25) is 0 Å². The number of hydrogen-bond donors (Lipinski definition) is 2. The number of phenols is 1. The summed E-state index contributed by atoms with van der Waals surface area (Å²) in [6.45, 7) is 10.3. The van der Waals surface area contributed by atoms with Crippen molar-refractivity contribution in [1.82, 2.24) is 5.32 Å². The van der Waals surface area contributed by atoms with Gasteiger partial charge in [-0.05, 0) is 44.4 Å². The van der Waals surface area contributed by atoms with E-state index >= 15 is 0 Å². The highest BCUT2D eigenvalue weighted by Gasteiger charge is 2.04. The number of aromatic hydroxyl groups is 1. The van der Waals surface area contributed by atoms with Gasteiger partial charge in [-0.1, -0.05) is 12.1 Å². The lowest BCUT2D eigenvalue weighted by Crippen LogP contribution is -2.26. The van der Waals surface area contributed by atoms with E-state index in [0.29, 0.717) is 5.75 Å². The van der Waals surface area contributed by atoms with E-state index in [9.17, 15) is 5.11 Å². The van der Waals surface area contributed by atoms with E-state index in [2.05, 4.69) is 12.2 Å². The maximum Gasteiger partial charge on any atom is 0.121 e. The minimum atomic E-state index is 0.235. The third-order valence-corrected chi connectivity index (χ3v) is 2.76. The molecule has 0 saturated heterocycles. The van der Waals surface area contributed by atoms with Gasteiger partial charge in [0.1, 0.15) is 5.75 Å². The zero-order valence-electron chi connectivity index (χ0n) is 11.2. The Labute approximate surface area is 104 Å². The van der Waals surface area contributed by atoms with Gasteiger partial charge in [0, 0.05) is 19.7 Å². The van der Waals surface area contributed by atoms with Gasteiger partial charge in [-0.3, -0.25) is 0 Å². The Bertz CT molecular complexity index is 340. The third kappa shape index (κ3) is 4.36. The van der Waals surface area contributed by atoms with Crippen LogP contribution >= 0.6 is 0 Å². The van der Waals surface area contributed by atoms with Crippen LogP contribution in [0.25, 0.3) is 0 Å². The Kier molecular flexibility index (Phi) is 5.45. The minimum absolute atomic E-state index is 0.235. The molecule has 17 heavy (non-hydrogen) atoms. The van der Waals surface area contributed by atoms with Gasteiger partial charge in [0.05, 0.1) is 6.10 Å². The zero-order chi connectivity index (χ0) is 12.8. The van der Waals surface area contributed by atoms with E-state index in [1.54, 1.807) is 0 Å². The smallest absolute Gasteiger partial charge is 0.121 e. The van der Waals surface area contributed by atoms with Crippen molar-refractivity contribution in [2.45, 2.75) is 40.3 Å². The lowest BCUT2D eigenvalue weighted by molar-refractivity contribution is 0.0759. The molecule has 0 aromatic heterocycles. The van der Waals surface area contributed by atoms with Crippen molar-refractivity contribution in [3.8, 4) is 5.75 Å². The number of hydrogen-bond acceptors (Lipinski definition) is 3. The fourth-order valence-corrected chi connectivity index (χ4v) is 1.91. The van der Waals surface area contributed by atoms with Gasteiger partial charge in [-0.2, -0.15) is 0 Å². The van der Waals surface area contributed by atoms with Gasteiger partial charge < -0.3 is 15.2 Å². The molecule has 0 aliphatic carbocycles. The number of ether oxygens (including phenoxy) is 1.